The summed E-state index contributed by atoms with van der Waals surface area (Å²) in [7, 11) is 0. The summed E-state index contributed by atoms with van der Waals surface area (Å²) in [6.45, 7) is 6.06. The number of Topliss-reactive ketones (excluding diaryl/α,β-unsaturated/α-hetero) is 1. The highest BCUT2D eigenvalue weighted by Gasteiger charge is 2.46. The maximum absolute atomic E-state index is 13.8. The number of amides is 1. The summed E-state index contributed by atoms with van der Waals surface area (Å²) in [6.07, 6.45) is 0.857. The molecule has 1 aliphatic heterocycles. The highest BCUT2D eigenvalue weighted by molar-refractivity contribution is 7.22. The van der Waals surface area contributed by atoms with Crippen LogP contribution in [0.4, 0.5) is 5.13 Å². The normalized spacial score (nSPS) is 15.9. The molecule has 0 saturated heterocycles. The summed E-state index contributed by atoms with van der Waals surface area (Å²) < 4.78 is 6.77. The number of aromatic nitrogens is 1. The molecule has 0 fully saturated rings. The molecule has 3 heterocycles. The topological polar surface area (TPSA) is 83.6 Å². The fourth-order valence-corrected chi connectivity index (χ4v) is 6.14. The number of aryl methyl sites for hydroxylation is 3. The molecule has 0 spiro atoms. The Kier molecular flexibility index (Phi) is 5.46. The van der Waals surface area contributed by atoms with Gasteiger partial charge >= 0.3 is 0 Å². The lowest BCUT2D eigenvalue weighted by molar-refractivity contribution is -0.117. The van der Waals surface area contributed by atoms with Crippen molar-refractivity contribution in [2.24, 2.45) is 0 Å². The number of rotatable bonds is 5. The van der Waals surface area contributed by atoms with Gasteiger partial charge in [-0.2, -0.15) is 0 Å². The maximum atomic E-state index is 13.8. The number of fused-ring (bicyclic) bond motifs is 2. The molecule has 5 aromatic rings. The second-order valence-corrected chi connectivity index (χ2v) is 10.3. The van der Waals surface area contributed by atoms with Crippen molar-refractivity contribution < 1.29 is 19.1 Å². The van der Waals surface area contributed by atoms with E-state index in [1.807, 2.05) is 68.4 Å². The molecule has 0 saturated carbocycles. The Balaban J connectivity index is 1.52. The zero-order valence-electron chi connectivity index (χ0n) is 20.6. The van der Waals surface area contributed by atoms with Crippen LogP contribution >= 0.6 is 11.3 Å². The summed E-state index contributed by atoms with van der Waals surface area (Å²) in [5.74, 6) is -1.69. The first-order chi connectivity index (χ1) is 17.9. The Morgan fingerprint density at radius 1 is 1.08 bits per heavy atom. The van der Waals surface area contributed by atoms with Gasteiger partial charge in [0.1, 0.15) is 5.58 Å². The number of benzene rings is 3. The molecule has 0 radical (unpaired) electrons. The van der Waals surface area contributed by atoms with Gasteiger partial charge in [0, 0.05) is 5.39 Å². The summed E-state index contributed by atoms with van der Waals surface area (Å²) >= 11 is 1.37. The Labute approximate surface area is 217 Å². The number of furan rings is 1. The van der Waals surface area contributed by atoms with Gasteiger partial charge in [-0.25, -0.2) is 4.98 Å². The van der Waals surface area contributed by atoms with Crippen molar-refractivity contribution in [3.63, 3.8) is 0 Å². The van der Waals surface area contributed by atoms with Gasteiger partial charge in [-0.3, -0.25) is 14.5 Å². The van der Waals surface area contributed by atoms with Crippen LogP contribution in [0.2, 0.25) is 0 Å². The minimum Gasteiger partial charge on any atom is -0.503 e. The van der Waals surface area contributed by atoms with E-state index in [1.165, 1.54) is 16.2 Å². The second kappa shape index (κ2) is 8.71. The molecule has 1 atom stereocenters. The van der Waals surface area contributed by atoms with Crippen molar-refractivity contribution in [2.45, 2.75) is 33.2 Å². The molecule has 0 unspecified atom stereocenters. The lowest BCUT2D eigenvalue weighted by Gasteiger charge is -2.24. The van der Waals surface area contributed by atoms with Crippen molar-refractivity contribution in [2.75, 3.05) is 4.90 Å². The van der Waals surface area contributed by atoms with Crippen LogP contribution < -0.4 is 4.90 Å². The number of carbonyl (C=O) groups is 2. The van der Waals surface area contributed by atoms with Crippen LogP contribution in [0.1, 0.15) is 45.8 Å². The monoisotopic (exact) mass is 508 g/mol. The molecule has 184 valence electrons. The van der Waals surface area contributed by atoms with E-state index < -0.39 is 23.5 Å². The van der Waals surface area contributed by atoms with E-state index in [-0.39, 0.29) is 11.3 Å². The number of thiazole rings is 1. The first-order valence-electron chi connectivity index (χ1n) is 12.1. The zero-order valence-corrected chi connectivity index (χ0v) is 21.4. The Hall–Kier alpha value is -4.23. The van der Waals surface area contributed by atoms with Gasteiger partial charge in [0.2, 0.25) is 5.78 Å². The average molecular weight is 509 g/mol. The largest absolute Gasteiger partial charge is 0.503 e. The molecule has 0 aliphatic carbocycles. The molecule has 6 rings (SSSR count). The second-order valence-electron chi connectivity index (χ2n) is 9.34. The predicted octanol–water partition coefficient (Wildman–Crippen LogP) is 7.00. The standard InChI is InChI=1S/C30H24N2O4S/c1-4-18-9-11-19(12-10-18)26-24(27(33)22-15-20-7-5-6-8-21(20)36-22)28(34)29(35)32(26)30-31-25-17(3)13-16(2)14-23(25)37-30/h5-15,26,34H,4H2,1-3H3/t26-/m0/s1. The number of hydrogen-bond acceptors (Lipinski definition) is 6. The number of carbonyl (C=O) groups excluding carboxylic acids is 2. The Morgan fingerprint density at radius 2 is 1.84 bits per heavy atom. The number of aliphatic hydroxyl groups excluding tert-OH is 1. The number of aliphatic hydroxyl groups is 1. The van der Waals surface area contributed by atoms with Crippen LogP contribution in [0.15, 0.2) is 82.5 Å². The number of ketones is 1. The van der Waals surface area contributed by atoms with Crippen molar-refractivity contribution in [1.82, 2.24) is 4.98 Å². The van der Waals surface area contributed by atoms with Crippen LogP contribution in [0.25, 0.3) is 21.2 Å². The summed E-state index contributed by atoms with van der Waals surface area (Å²) in [5, 5.41) is 12.3. The van der Waals surface area contributed by atoms with Crippen molar-refractivity contribution in [3.8, 4) is 0 Å². The zero-order chi connectivity index (χ0) is 25.8. The molecule has 3 aromatic carbocycles. The first kappa shape index (κ1) is 23.2. The minimum absolute atomic E-state index is 0.0135. The van der Waals surface area contributed by atoms with Crippen LogP contribution in [-0.4, -0.2) is 21.8 Å². The van der Waals surface area contributed by atoms with Gasteiger partial charge in [-0.05, 0) is 60.7 Å². The third kappa shape index (κ3) is 3.74. The van der Waals surface area contributed by atoms with Gasteiger partial charge < -0.3 is 9.52 Å². The smallest absolute Gasteiger partial charge is 0.296 e. The lowest BCUT2D eigenvalue weighted by Crippen LogP contribution is -2.31. The van der Waals surface area contributed by atoms with Crippen molar-refractivity contribution in [1.29, 1.82) is 0 Å². The average Bonchev–Trinajstić information content (AvgIpc) is 3.58. The molecule has 0 bridgehead atoms. The number of nitrogens with zero attached hydrogens (tertiary/aromatic N) is 2. The SMILES string of the molecule is CCc1ccc([C@H]2C(C(=O)c3cc4ccccc4o3)=C(O)C(=O)N2c2nc3c(C)cc(C)cc3s2)cc1. The van der Waals surface area contributed by atoms with E-state index in [0.717, 1.165) is 38.7 Å². The maximum Gasteiger partial charge on any atom is 0.296 e. The van der Waals surface area contributed by atoms with Gasteiger partial charge in [-0.1, -0.05) is 66.8 Å². The van der Waals surface area contributed by atoms with E-state index in [2.05, 4.69) is 6.92 Å². The molecule has 6 nitrogen and oxygen atoms in total. The third-order valence-corrected chi connectivity index (χ3v) is 7.83. The van der Waals surface area contributed by atoms with E-state index >= 15 is 0 Å². The number of para-hydroxylation sites is 1. The summed E-state index contributed by atoms with van der Waals surface area (Å²) in [6, 6.07) is 19.9. The summed E-state index contributed by atoms with van der Waals surface area (Å²) in [5.41, 5.74) is 5.29. The van der Waals surface area contributed by atoms with Crippen molar-refractivity contribution >= 4 is 49.3 Å². The van der Waals surface area contributed by atoms with Crippen LogP contribution in [0.3, 0.4) is 0 Å². The summed E-state index contributed by atoms with van der Waals surface area (Å²) in [4.78, 5) is 33.6. The van der Waals surface area contributed by atoms with Gasteiger partial charge in [0.05, 0.1) is 21.8 Å². The quantitative estimate of drug-likeness (QED) is 0.258. The van der Waals surface area contributed by atoms with Gasteiger partial charge in [0.25, 0.3) is 5.91 Å². The van der Waals surface area contributed by atoms with E-state index in [1.54, 1.807) is 12.1 Å². The van der Waals surface area contributed by atoms with E-state index in [0.29, 0.717) is 16.3 Å². The van der Waals surface area contributed by atoms with Crippen LogP contribution in [0, 0.1) is 13.8 Å². The highest BCUT2D eigenvalue weighted by atomic mass is 32.1. The van der Waals surface area contributed by atoms with Crippen LogP contribution in [0.5, 0.6) is 0 Å². The molecule has 1 amide bonds. The molecular formula is C30H24N2O4S. The number of anilines is 1. The number of hydrogen-bond donors (Lipinski definition) is 1. The van der Waals surface area contributed by atoms with Gasteiger partial charge in [0.15, 0.2) is 16.7 Å². The molecule has 1 N–H and O–H groups in total. The molecule has 7 heteroatoms. The Bertz CT molecular complexity index is 1710. The fraction of sp³-hybridized carbons (Fsp3) is 0.167. The van der Waals surface area contributed by atoms with E-state index in [9.17, 15) is 14.7 Å². The Morgan fingerprint density at radius 3 is 2.57 bits per heavy atom. The van der Waals surface area contributed by atoms with Gasteiger partial charge in [-0.15, -0.1) is 0 Å². The molecule has 37 heavy (non-hydrogen) atoms. The third-order valence-electron chi connectivity index (χ3n) is 6.83. The molecule has 1 aliphatic rings. The van der Waals surface area contributed by atoms with E-state index in [4.69, 9.17) is 9.40 Å². The lowest BCUT2D eigenvalue weighted by atomic mass is 9.94. The fourth-order valence-electron chi connectivity index (χ4n) is 4.97. The predicted molar refractivity (Wildman–Crippen MR) is 145 cm³/mol. The molecular weight excluding hydrogens is 484 g/mol. The highest BCUT2D eigenvalue weighted by Crippen LogP contribution is 2.45. The van der Waals surface area contributed by atoms with Crippen molar-refractivity contribution in [3.05, 3.63) is 106 Å². The molecule has 2 aromatic heterocycles. The first-order valence-corrected chi connectivity index (χ1v) is 12.9. The minimum atomic E-state index is -0.846. The van der Waals surface area contributed by atoms with Crippen LogP contribution in [-0.2, 0) is 11.2 Å².